The van der Waals surface area contributed by atoms with Gasteiger partial charge in [0.05, 0.1) is 24.0 Å². The van der Waals surface area contributed by atoms with Crippen LogP contribution in [0.5, 0.6) is 0 Å². The molecule has 0 saturated carbocycles. The summed E-state index contributed by atoms with van der Waals surface area (Å²) >= 11 is 4.90. The first-order chi connectivity index (χ1) is 11.7. The SMILES string of the molecule is CSCCNc1nsnc1NCCSCc1ccc(CN(C)C)o1. The molecule has 0 aliphatic heterocycles. The summed E-state index contributed by atoms with van der Waals surface area (Å²) in [7, 11) is 4.08. The molecule has 0 unspecified atom stereocenters. The monoisotopic (exact) mass is 387 g/mol. The number of rotatable bonds is 12. The fourth-order valence-electron chi connectivity index (χ4n) is 2.00. The smallest absolute Gasteiger partial charge is 0.184 e. The summed E-state index contributed by atoms with van der Waals surface area (Å²) in [6.07, 6.45) is 2.10. The van der Waals surface area contributed by atoms with Crippen molar-refractivity contribution in [2.24, 2.45) is 0 Å². The van der Waals surface area contributed by atoms with Crippen LogP contribution in [0.3, 0.4) is 0 Å². The van der Waals surface area contributed by atoms with E-state index in [-0.39, 0.29) is 0 Å². The molecule has 0 aromatic carbocycles. The number of hydrogen-bond donors (Lipinski definition) is 2. The van der Waals surface area contributed by atoms with E-state index < -0.39 is 0 Å². The van der Waals surface area contributed by atoms with Crippen molar-refractivity contribution in [1.29, 1.82) is 0 Å². The first-order valence-corrected chi connectivity index (χ1v) is 11.1. The normalized spacial score (nSPS) is 11.2. The average molecular weight is 388 g/mol. The molecule has 2 rings (SSSR count). The Morgan fingerprint density at radius 1 is 1.08 bits per heavy atom. The number of hydrogen-bond acceptors (Lipinski definition) is 9. The van der Waals surface area contributed by atoms with Crippen LogP contribution in [0.15, 0.2) is 16.5 Å². The van der Waals surface area contributed by atoms with Crippen molar-refractivity contribution in [3.63, 3.8) is 0 Å². The zero-order valence-corrected chi connectivity index (χ0v) is 16.8. The van der Waals surface area contributed by atoms with E-state index >= 15 is 0 Å². The summed E-state index contributed by atoms with van der Waals surface area (Å²) in [6.45, 7) is 2.61. The lowest BCUT2D eigenvalue weighted by molar-refractivity contribution is 0.344. The topological polar surface area (TPSA) is 66.2 Å². The number of nitrogens with zero attached hydrogens (tertiary/aromatic N) is 3. The third kappa shape index (κ3) is 6.92. The minimum Gasteiger partial charge on any atom is -0.464 e. The van der Waals surface area contributed by atoms with E-state index in [4.69, 9.17) is 4.42 Å². The van der Waals surface area contributed by atoms with Crippen LogP contribution in [-0.4, -0.2) is 58.6 Å². The predicted molar refractivity (Wildman–Crippen MR) is 108 cm³/mol. The van der Waals surface area contributed by atoms with Crippen LogP contribution in [-0.2, 0) is 12.3 Å². The van der Waals surface area contributed by atoms with Crippen molar-refractivity contribution in [1.82, 2.24) is 13.6 Å². The van der Waals surface area contributed by atoms with Crippen LogP contribution in [0.25, 0.3) is 0 Å². The Balaban J connectivity index is 1.63. The number of anilines is 2. The highest BCUT2D eigenvalue weighted by atomic mass is 32.2. The highest BCUT2D eigenvalue weighted by Crippen LogP contribution is 2.19. The zero-order valence-electron chi connectivity index (χ0n) is 14.4. The molecule has 0 bridgehead atoms. The maximum atomic E-state index is 5.81. The van der Waals surface area contributed by atoms with Gasteiger partial charge in [-0.3, -0.25) is 0 Å². The lowest BCUT2D eigenvalue weighted by Gasteiger charge is -2.07. The molecule has 0 fully saturated rings. The number of thioether (sulfide) groups is 2. The van der Waals surface area contributed by atoms with Crippen molar-refractivity contribution in [3.8, 4) is 0 Å². The van der Waals surface area contributed by atoms with Crippen LogP contribution in [0, 0.1) is 0 Å². The van der Waals surface area contributed by atoms with Crippen molar-refractivity contribution >= 4 is 46.9 Å². The molecule has 0 saturated heterocycles. The molecule has 2 heterocycles. The van der Waals surface area contributed by atoms with E-state index in [0.29, 0.717) is 0 Å². The maximum Gasteiger partial charge on any atom is 0.184 e. The summed E-state index contributed by atoms with van der Waals surface area (Å²) in [4.78, 5) is 2.10. The summed E-state index contributed by atoms with van der Waals surface area (Å²) in [5.41, 5.74) is 0. The molecule has 134 valence electrons. The van der Waals surface area contributed by atoms with Crippen LogP contribution in [0.4, 0.5) is 11.6 Å². The summed E-state index contributed by atoms with van der Waals surface area (Å²) in [6, 6.07) is 4.12. The molecule has 0 amide bonds. The van der Waals surface area contributed by atoms with Gasteiger partial charge in [-0.25, -0.2) is 0 Å². The molecule has 0 radical (unpaired) electrons. The third-order valence-corrected chi connectivity index (χ3v) is 5.18. The minimum absolute atomic E-state index is 0.843. The second-order valence-corrected chi connectivity index (χ2v) is 8.09. The van der Waals surface area contributed by atoms with Gasteiger partial charge in [0.2, 0.25) is 0 Å². The van der Waals surface area contributed by atoms with Crippen LogP contribution >= 0.6 is 35.3 Å². The molecule has 6 nitrogen and oxygen atoms in total. The zero-order chi connectivity index (χ0) is 17.2. The highest BCUT2D eigenvalue weighted by Gasteiger charge is 2.07. The maximum absolute atomic E-state index is 5.81. The van der Waals surface area contributed by atoms with Gasteiger partial charge in [-0.2, -0.15) is 32.3 Å². The van der Waals surface area contributed by atoms with Gasteiger partial charge in [0.25, 0.3) is 0 Å². The minimum atomic E-state index is 0.843. The number of nitrogens with one attached hydrogen (secondary N) is 2. The molecule has 2 N–H and O–H groups in total. The van der Waals surface area contributed by atoms with Crippen molar-refractivity contribution < 1.29 is 4.42 Å². The van der Waals surface area contributed by atoms with E-state index in [1.165, 1.54) is 11.7 Å². The lowest BCUT2D eigenvalue weighted by atomic mass is 10.4. The first kappa shape index (κ1) is 19.4. The number of furan rings is 1. The standard InChI is InChI=1S/C15H25N5OS3/c1-20(2)10-12-4-5-13(21-12)11-23-9-7-17-15-14(18-24-19-15)16-6-8-22-3/h4-5H,6-11H2,1-3H3,(H,16,18)(H,17,19). The van der Waals surface area contributed by atoms with E-state index in [9.17, 15) is 0 Å². The average Bonchev–Trinajstić information content (AvgIpc) is 3.16. The second-order valence-electron chi connectivity index (χ2n) is 5.47. The summed E-state index contributed by atoms with van der Waals surface area (Å²) in [5.74, 6) is 6.71. The molecule has 2 aromatic heterocycles. The molecule has 0 aliphatic carbocycles. The van der Waals surface area contributed by atoms with Gasteiger partial charge >= 0.3 is 0 Å². The fourth-order valence-corrected chi connectivity index (χ4v) is 3.56. The van der Waals surface area contributed by atoms with Crippen molar-refractivity contribution in [2.45, 2.75) is 12.3 Å². The summed E-state index contributed by atoms with van der Waals surface area (Å²) in [5, 5.41) is 6.65. The molecule has 0 spiro atoms. The largest absolute Gasteiger partial charge is 0.464 e. The molecule has 24 heavy (non-hydrogen) atoms. The van der Waals surface area contributed by atoms with E-state index in [0.717, 1.165) is 60.0 Å². The van der Waals surface area contributed by atoms with Gasteiger partial charge in [-0.05, 0) is 32.5 Å². The second kappa shape index (κ2) is 10.9. The molecule has 0 aliphatic rings. The van der Waals surface area contributed by atoms with Crippen LogP contribution in [0.2, 0.25) is 0 Å². The van der Waals surface area contributed by atoms with Gasteiger partial charge in [0.15, 0.2) is 11.6 Å². The highest BCUT2D eigenvalue weighted by molar-refractivity contribution is 7.98. The molecule has 9 heteroatoms. The number of aromatic nitrogens is 2. The van der Waals surface area contributed by atoms with Gasteiger partial charge < -0.3 is 20.0 Å². The Kier molecular flexibility index (Phi) is 8.79. The molecular formula is C15H25N5OS3. The van der Waals surface area contributed by atoms with Crippen molar-refractivity contribution in [2.75, 3.05) is 55.6 Å². The van der Waals surface area contributed by atoms with Gasteiger partial charge in [0, 0.05) is 24.6 Å². The molecule has 0 atom stereocenters. The predicted octanol–water partition coefficient (Wildman–Crippen LogP) is 3.31. The van der Waals surface area contributed by atoms with E-state index in [1.807, 2.05) is 37.6 Å². The Morgan fingerprint density at radius 3 is 2.42 bits per heavy atom. The molecule has 2 aromatic rings. The molecular weight excluding hydrogens is 362 g/mol. The van der Waals surface area contributed by atoms with Gasteiger partial charge in [-0.15, -0.1) is 0 Å². The van der Waals surface area contributed by atoms with Crippen molar-refractivity contribution in [3.05, 3.63) is 23.7 Å². The summed E-state index contributed by atoms with van der Waals surface area (Å²) < 4.78 is 14.4. The van der Waals surface area contributed by atoms with Crippen LogP contribution in [0.1, 0.15) is 11.5 Å². The van der Waals surface area contributed by atoms with Gasteiger partial charge in [0.1, 0.15) is 11.5 Å². The van der Waals surface area contributed by atoms with Crippen LogP contribution < -0.4 is 10.6 Å². The van der Waals surface area contributed by atoms with E-state index in [2.05, 4.69) is 42.7 Å². The lowest BCUT2D eigenvalue weighted by Crippen LogP contribution is -2.10. The Hall–Kier alpha value is -0.900. The van der Waals surface area contributed by atoms with E-state index in [1.54, 1.807) is 0 Å². The Morgan fingerprint density at radius 2 is 1.75 bits per heavy atom. The Labute approximate surface area is 156 Å². The third-order valence-electron chi connectivity index (χ3n) is 3.06. The van der Waals surface area contributed by atoms with Gasteiger partial charge in [-0.1, -0.05) is 0 Å². The first-order valence-electron chi connectivity index (χ1n) is 7.78. The fraction of sp³-hybridized carbons (Fsp3) is 0.600. The quantitative estimate of drug-likeness (QED) is 0.538. The Bertz CT molecular complexity index is 587.